The van der Waals surface area contributed by atoms with Crippen LogP contribution in [0.5, 0.6) is 5.75 Å². The molecule has 2 N–H and O–H groups in total. The molecule has 0 amide bonds. The van der Waals surface area contributed by atoms with Crippen LogP contribution in [-0.2, 0) is 4.74 Å². The van der Waals surface area contributed by atoms with E-state index in [-0.39, 0.29) is 0 Å². The molecule has 0 bridgehead atoms. The molecule has 2 aromatic heterocycles. The maximum Gasteiger partial charge on any atom is 0.231 e. The van der Waals surface area contributed by atoms with Gasteiger partial charge in [0.05, 0.1) is 25.1 Å². The van der Waals surface area contributed by atoms with Gasteiger partial charge < -0.3 is 13.9 Å². The lowest BCUT2D eigenvalue weighted by Crippen LogP contribution is -2.36. The number of hydrogen-bond donors (Lipinski definition) is 1. The molecule has 1 atom stereocenters. The van der Waals surface area contributed by atoms with Gasteiger partial charge in [0.15, 0.2) is 17.9 Å². The highest BCUT2D eigenvalue weighted by atomic mass is 16.5. The van der Waals surface area contributed by atoms with Crippen LogP contribution in [0, 0.1) is 0 Å². The van der Waals surface area contributed by atoms with E-state index in [0.29, 0.717) is 17.3 Å². The van der Waals surface area contributed by atoms with Crippen molar-refractivity contribution >= 4 is 11.4 Å². The van der Waals surface area contributed by atoms with Crippen molar-refractivity contribution in [1.82, 2.24) is 9.97 Å². The van der Waals surface area contributed by atoms with Crippen LogP contribution in [0.25, 0.3) is 17.1 Å². The Labute approximate surface area is 144 Å². The molecule has 0 spiro atoms. The third kappa shape index (κ3) is 2.81. The lowest BCUT2D eigenvalue weighted by Gasteiger charge is -2.21. The lowest BCUT2D eigenvalue weighted by atomic mass is 10.1. The molecule has 7 heteroatoms. The summed E-state index contributed by atoms with van der Waals surface area (Å²) in [5.74, 6) is 1.91. The summed E-state index contributed by atoms with van der Waals surface area (Å²) < 4.78 is 16.6. The third-order valence-corrected chi connectivity index (χ3v) is 3.88. The van der Waals surface area contributed by atoms with Gasteiger partial charge in [-0.05, 0) is 24.3 Å². The van der Waals surface area contributed by atoms with Crippen molar-refractivity contribution in [2.75, 3.05) is 12.0 Å². The smallest absolute Gasteiger partial charge is 0.231 e. The number of methoxy groups -OCH3 is 1. The molecule has 126 valence electrons. The average Bonchev–Trinajstić information content (AvgIpc) is 3.32. The molecule has 7 nitrogen and oxygen atoms in total. The summed E-state index contributed by atoms with van der Waals surface area (Å²) in [6, 6.07) is 11.3. The number of ether oxygens (including phenoxy) is 2. The zero-order valence-corrected chi connectivity index (χ0v) is 13.5. The lowest BCUT2D eigenvalue weighted by molar-refractivity contribution is 0.199. The van der Waals surface area contributed by atoms with Crippen molar-refractivity contribution in [3.63, 3.8) is 0 Å². The number of oxazole rings is 1. The molecule has 3 heterocycles. The van der Waals surface area contributed by atoms with E-state index >= 15 is 0 Å². The van der Waals surface area contributed by atoms with Crippen molar-refractivity contribution in [3.8, 4) is 17.1 Å². The number of nitrogens with zero attached hydrogens (tertiary/aromatic N) is 3. The second kappa shape index (κ2) is 6.29. The first-order valence-electron chi connectivity index (χ1n) is 7.67. The van der Waals surface area contributed by atoms with E-state index < -0.39 is 6.35 Å². The Balaban J connectivity index is 1.69. The first kappa shape index (κ1) is 15.2. The molecule has 3 aromatic rings. The van der Waals surface area contributed by atoms with E-state index in [1.165, 1.54) is 6.39 Å². The predicted octanol–water partition coefficient (Wildman–Crippen LogP) is 2.82. The van der Waals surface area contributed by atoms with Gasteiger partial charge in [-0.25, -0.2) is 4.98 Å². The zero-order chi connectivity index (χ0) is 17.2. The molecule has 0 saturated heterocycles. The molecular weight excluding hydrogens is 320 g/mol. The average molecular weight is 336 g/mol. The van der Waals surface area contributed by atoms with E-state index in [1.807, 2.05) is 47.5 Å². The van der Waals surface area contributed by atoms with Gasteiger partial charge in [-0.15, -0.1) is 0 Å². The molecule has 1 aromatic carbocycles. The van der Waals surface area contributed by atoms with Crippen LogP contribution in [0.2, 0.25) is 0 Å². The number of aromatic nitrogens is 2. The van der Waals surface area contributed by atoms with Crippen LogP contribution < -0.4 is 15.4 Å². The zero-order valence-electron chi connectivity index (χ0n) is 13.5. The van der Waals surface area contributed by atoms with Gasteiger partial charge in [0, 0.05) is 18.0 Å². The van der Waals surface area contributed by atoms with Crippen LogP contribution in [-0.4, -0.2) is 23.4 Å². The molecule has 4 rings (SSSR count). The fourth-order valence-electron chi connectivity index (χ4n) is 2.67. The van der Waals surface area contributed by atoms with Crippen LogP contribution in [0.15, 0.2) is 65.8 Å². The quantitative estimate of drug-likeness (QED) is 0.784. The van der Waals surface area contributed by atoms with E-state index in [0.717, 1.165) is 16.9 Å². The van der Waals surface area contributed by atoms with E-state index in [4.69, 9.17) is 19.6 Å². The summed E-state index contributed by atoms with van der Waals surface area (Å²) in [5.41, 5.74) is 8.49. The predicted molar refractivity (Wildman–Crippen MR) is 92.2 cm³/mol. The van der Waals surface area contributed by atoms with Gasteiger partial charge in [-0.3, -0.25) is 15.6 Å². The standard InChI is InChI=1S/C18H16N4O3/c1-23-15-8-12(5-6-13(15)16-9-20-11-24-16)22-10-17(25-18(22)19)14-4-2-3-7-21-14/h2-11,18H,19H2,1H3. The number of hydrogen-bond acceptors (Lipinski definition) is 7. The molecule has 1 unspecified atom stereocenters. The highest BCUT2D eigenvalue weighted by Gasteiger charge is 2.26. The highest BCUT2D eigenvalue weighted by Crippen LogP contribution is 2.36. The van der Waals surface area contributed by atoms with Crippen LogP contribution >= 0.6 is 0 Å². The van der Waals surface area contributed by atoms with Crippen LogP contribution in [0.4, 0.5) is 5.69 Å². The van der Waals surface area contributed by atoms with Gasteiger partial charge in [0.2, 0.25) is 6.35 Å². The Bertz CT molecular complexity index is 894. The molecule has 0 aliphatic carbocycles. The summed E-state index contributed by atoms with van der Waals surface area (Å²) in [5, 5.41) is 0. The molecule has 0 radical (unpaired) electrons. The van der Waals surface area contributed by atoms with E-state index in [1.54, 1.807) is 19.5 Å². The van der Waals surface area contributed by atoms with Gasteiger partial charge >= 0.3 is 0 Å². The summed E-state index contributed by atoms with van der Waals surface area (Å²) in [6.07, 6.45) is 5.92. The minimum absolute atomic E-state index is 0.617. The van der Waals surface area contributed by atoms with Crippen molar-refractivity contribution in [2.45, 2.75) is 6.35 Å². The third-order valence-electron chi connectivity index (χ3n) is 3.88. The SMILES string of the molecule is COc1cc(N2C=C(c3ccccn3)OC2N)ccc1-c1cnco1. The minimum atomic E-state index is -0.641. The summed E-state index contributed by atoms with van der Waals surface area (Å²) in [6.45, 7) is 0. The first-order valence-corrected chi connectivity index (χ1v) is 7.67. The molecule has 1 aliphatic rings. The summed E-state index contributed by atoms with van der Waals surface area (Å²) in [7, 11) is 1.61. The Morgan fingerprint density at radius 1 is 1.24 bits per heavy atom. The number of anilines is 1. The topological polar surface area (TPSA) is 86.6 Å². The number of benzene rings is 1. The summed E-state index contributed by atoms with van der Waals surface area (Å²) in [4.78, 5) is 10.0. The van der Waals surface area contributed by atoms with E-state index in [2.05, 4.69) is 9.97 Å². The molecular formula is C18H16N4O3. The maximum atomic E-state index is 6.12. The second-order valence-electron chi connectivity index (χ2n) is 5.37. The molecule has 0 fully saturated rings. The Morgan fingerprint density at radius 3 is 2.88 bits per heavy atom. The number of rotatable bonds is 4. The Morgan fingerprint density at radius 2 is 2.16 bits per heavy atom. The fourth-order valence-corrected chi connectivity index (χ4v) is 2.67. The van der Waals surface area contributed by atoms with Gasteiger partial charge in [-0.1, -0.05) is 6.07 Å². The Kier molecular flexibility index (Phi) is 3.83. The monoisotopic (exact) mass is 336 g/mol. The normalized spacial score (nSPS) is 16.5. The van der Waals surface area contributed by atoms with Crippen molar-refractivity contribution < 1.29 is 13.9 Å². The minimum Gasteiger partial charge on any atom is -0.496 e. The molecule has 1 aliphatic heterocycles. The van der Waals surface area contributed by atoms with Gasteiger partial charge in [-0.2, -0.15) is 0 Å². The van der Waals surface area contributed by atoms with Gasteiger partial charge in [0.1, 0.15) is 11.4 Å². The highest BCUT2D eigenvalue weighted by molar-refractivity contribution is 5.72. The largest absolute Gasteiger partial charge is 0.496 e. The number of nitrogens with two attached hydrogens (primary N) is 1. The van der Waals surface area contributed by atoms with Crippen molar-refractivity contribution in [3.05, 3.63) is 67.1 Å². The second-order valence-corrected chi connectivity index (χ2v) is 5.37. The van der Waals surface area contributed by atoms with Crippen molar-refractivity contribution in [1.29, 1.82) is 0 Å². The fraction of sp³-hybridized carbons (Fsp3) is 0.111. The Hall–Kier alpha value is -3.32. The van der Waals surface area contributed by atoms with Gasteiger partial charge in [0.25, 0.3) is 0 Å². The molecule has 25 heavy (non-hydrogen) atoms. The van der Waals surface area contributed by atoms with Crippen LogP contribution in [0.1, 0.15) is 5.69 Å². The van der Waals surface area contributed by atoms with Crippen LogP contribution in [0.3, 0.4) is 0 Å². The molecule has 0 saturated carbocycles. The maximum absolute atomic E-state index is 6.12. The summed E-state index contributed by atoms with van der Waals surface area (Å²) >= 11 is 0. The van der Waals surface area contributed by atoms with E-state index in [9.17, 15) is 0 Å². The number of pyridine rings is 1. The first-order chi connectivity index (χ1) is 12.3. The van der Waals surface area contributed by atoms with Crippen molar-refractivity contribution in [2.24, 2.45) is 5.73 Å².